The van der Waals surface area contributed by atoms with Gasteiger partial charge in [0.25, 0.3) is 0 Å². The van der Waals surface area contributed by atoms with E-state index in [1.54, 1.807) is 13.0 Å². The number of nitrogens with one attached hydrogen (secondary N) is 1. The Morgan fingerprint density at radius 1 is 1.43 bits per heavy atom. The van der Waals surface area contributed by atoms with Crippen LogP contribution >= 0.6 is 0 Å². The average Bonchev–Trinajstić information content (AvgIpc) is 2.40. The number of hydrogen-bond donors (Lipinski definition) is 3. The summed E-state index contributed by atoms with van der Waals surface area (Å²) in [6.45, 7) is 1.96. The summed E-state index contributed by atoms with van der Waals surface area (Å²) in [5.41, 5.74) is 1.02. The molecule has 7 nitrogen and oxygen atoms in total. The van der Waals surface area contributed by atoms with Crippen molar-refractivity contribution in [1.82, 2.24) is 4.90 Å². The van der Waals surface area contributed by atoms with Crippen molar-refractivity contribution in [3.05, 3.63) is 29.3 Å². The predicted molar refractivity (Wildman–Crippen MR) is 77.7 cm³/mol. The smallest absolute Gasteiger partial charge is 0.337 e. The lowest BCUT2D eigenvalue weighted by Gasteiger charge is -2.21. The number of aliphatic hydroxyl groups is 1. The lowest BCUT2D eigenvalue weighted by molar-refractivity contribution is 0.0501. The molecule has 1 rings (SSSR count). The monoisotopic (exact) mass is 296 g/mol. The van der Waals surface area contributed by atoms with Gasteiger partial charge in [-0.3, -0.25) is 0 Å². The summed E-state index contributed by atoms with van der Waals surface area (Å²) in [6.07, 6.45) is -0.803. The van der Waals surface area contributed by atoms with Gasteiger partial charge in [0.15, 0.2) is 0 Å². The number of ether oxygens (including phenoxy) is 1. The lowest BCUT2D eigenvalue weighted by Crippen LogP contribution is -2.39. The fourth-order valence-electron chi connectivity index (χ4n) is 1.80. The molecule has 0 aromatic heterocycles. The van der Waals surface area contributed by atoms with Crippen molar-refractivity contribution in [2.75, 3.05) is 32.6 Å². The Kier molecular flexibility index (Phi) is 6.13. The van der Waals surface area contributed by atoms with E-state index >= 15 is 0 Å². The van der Waals surface area contributed by atoms with Gasteiger partial charge in [0.1, 0.15) is 0 Å². The molecule has 1 unspecified atom stereocenters. The van der Waals surface area contributed by atoms with Gasteiger partial charge in [-0.05, 0) is 19.1 Å². The van der Waals surface area contributed by atoms with Crippen LogP contribution < -0.4 is 5.32 Å². The largest absolute Gasteiger partial charge is 0.478 e. The zero-order valence-electron chi connectivity index (χ0n) is 12.3. The van der Waals surface area contributed by atoms with E-state index in [-0.39, 0.29) is 24.4 Å². The normalized spacial score (nSPS) is 11.8. The second-order valence-electron chi connectivity index (χ2n) is 4.77. The van der Waals surface area contributed by atoms with Gasteiger partial charge in [0.2, 0.25) is 0 Å². The Morgan fingerprint density at radius 3 is 2.67 bits per heavy atom. The minimum absolute atomic E-state index is 0.0224. The van der Waals surface area contributed by atoms with Crippen LogP contribution in [0.4, 0.5) is 10.5 Å². The van der Waals surface area contributed by atoms with Gasteiger partial charge in [-0.25, -0.2) is 9.59 Å². The molecule has 116 valence electrons. The minimum Gasteiger partial charge on any atom is -0.478 e. The van der Waals surface area contributed by atoms with Crippen molar-refractivity contribution >= 4 is 17.7 Å². The number of carbonyl (C=O) groups is 2. The molecule has 1 aromatic rings. The minimum atomic E-state index is -1.11. The van der Waals surface area contributed by atoms with Gasteiger partial charge in [-0.2, -0.15) is 0 Å². The van der Waals surface area contributed by atoms with Gasteiger partial charge >= 0.3 is 12.0 Å². The first-order chi connectivity index (χ1) is 9.85. The number of benzene rings is 1. The number of likely N-dealkylation sites (N-methyl/N-ethyl adjacent to an activating group) is 1. The Labute approximate surface area is 123 Å². The van der Waals surface area contributed by atoms with Crippen LogP contribution in [0, 0.1) is 6.92 Å². The maximum atomic E-state index is 12.0. The van der Waals surface area contributed by atoms with Crippen molar-refractivity contribution in [3.63, 3.8) is 0 Å². The fraction of sp³-hybridized carbons (Fsp3) is 0.429. The molecule has 3 N–H and O–H groups in total. The SMILES string of the molecule is COCC(O)CN(C)C(=O)Nc1ccc(C)cc1C(=O)O. The van der Waals surface area contributed by atoms with E-state index in [9.17, 15) is 14.7 Å². The molecule has 0 saturated heterocycles. The van der Waals surface area contributed by atoms with Crippen molar-refractivity contribution in [2.45, 2.75) is 13.0 Å². The van der Waals surface area contributed by atoms with Crippen molar-refractivity contribution in [2.24, 2.45) is 0 Å². The molecule has 1 atom stereocenters. The third-order valence-corrected chi connectivity index (χ3v) is 2.84. The third-order valence-electron chi connectivity index (χ3n) is 2.84. The van der Waals surface area contributed by atoms with Crippen LogP contribution in [0.2, 0.25) is 0 Å². The third kappa shape index (κ3) is 5.05. The standard InChI is InChI=1S/C14H20N2O5/c1-9-4-5-12(11(6-9)13(18)19)15-14(20)16(2)7-10(17)8-21-3/h4-6,10,17H,7-8H2,1-3H3,(H,15,20)(H,18,19). The van der Waals surface area contributed by atoms with E-state index in [4.69, 9.17) is 9.84 Å². The summed E-state index contributed by atoms with van der Waals surface area (Å²) in [6, 6.07) is 4.23. The van der Waals surface area contributed by atoms with E-state index in [2.05, 4.69) is 5.32 Å². The highest BCUT2D eigenvalue weighted by atomic mass is 16.5. The number of aryl methyl sites for hydroxylation is 1. The molecular weight excluding hydrogens is 276 g/mol. The molecule has 0 bridgehead atoms. The first-order valence-corrected chi connectivity index (χ1v) is 6.38. The number of rotatable bonds is 6. The Morgan fingerprint density at radius 2 is 2.10 bits per heavy atom. The maximum absolute atomic E-state index is 12.0. The van der Waals surface area contributed by atoms with E-state index in [1.165, 1.54) is 31.2 Å². The summed E-state index contributed by atoms with van der Waals surface area (Å²) in [5.74, 6) is -1.11. The van der Waals surface area contributed by atoms with Crippen molar-refractivity contribution < 1.29 is 24.5 Å². The van der Waals surface area contributed by atoms with Crippen LogP contribution in [0.1, 0.15) is 15.9 Å². The summed E-state index contributed by atoms with van der Waals surface area (Å²) >= 11 is 0. The maximum Gasteiger partial charge on any atom is 0.337 e. The summed E-state index contributed by atoms with van der Waals surface area (Å²) in [5, 5.41) is 21.2. The van der Waals surface area contributed by atoms with E-state index in [0.29, 0.717) is 0 Å². The van der Waals surface area contributed by atoms with Crippen LogP contribution in [-0.2, 0) is 4.74 Å². The Balaban J connectivity index is 2.76. The van der Waals surface area contributed by atoms with Crippen LogP contribution in [-0.4, -0.2) is 60.5 Å². The number of aliphatic hydroxyl groups excluding tert-OH is 1. The highest BCUT2D eigenvalue weighted by Gasteiger charge is 2.17. The second-order valence-corrected chi connectivity index (χ2v) is 4.77. The van der Waals surface area contributed by atoms with Gasteiger partial charge in [-0.1, -0.05) is 11.6 Å². The molecule has 1 aromatic carbocycles. The Hall–Kier alpha value is -2.12. The summed E-state index contributed by atoms with van der Waals surface area (Å²) in [7, 11) is 2.96. The molecule has 21 heavy (non-hydrogen) atoms. The number of carboxylic acids is 1. The molecule has 0 aliphatic heterocycles. The second kappa shape index (κ2) is 7.61. The van der Waals surface area contributed by atoms with Crippen LogP contribution in [0.25, 0.3) is 0 Å². The molecule has 0 radical (unpaired) electrons. The quantitative estimate of drug-likeness (QED) is 0.731. The molecule has 0 fully saturated rings. The zero-order valence-corrected chi connectivity index (χ0v) is 12.3. The molecule has 0 aliphatic carbocycles. The topological polar surface area (TPSA) is 99.1 Å². The van der Waals surface area contributed by atoms with Crippen LogP contribution in [0.5, 0.6) is 0 Å². The van der Waals surface area contributed by atoms with Gasteiger partial charge in [0, 0.05) is 14.2 Å². The van der Waals surface area contributed by atoms with Gasteiger partial charge < -0.3 is 25.2 Å². The number of methoxy groups -OCH3 is 1. The highest BCUT2D eigenvalue weighted by molar-refractivity contribution is 6.00. The fourth-order valence-corrected chi connectivity index (χ4v) is 1.80. The number of nitrogens with zero attached hydrogens (tertiary/aromatic N) is 1. The number of carbonyl (C=O) groups excluding carboxylic acids is 1. The lowest BCUT2D eigenvalue weighted by atomic mass is 10.1. The predicted octanol–water partition coefficient (Wildman–Crippen LogP) is 1.16. The molecular formula is C14H20N2O5. The molecule has 0 heterocycles. The van der Waals surface area contributed by atoms with E-state index in [0.717, 1.165) is 5.56 Å². The number of aromatic carboxylic acids is 1. The van der Waals surface area contributed by atoms with Crippen LogP contribution in [0.15, 0.2) is 18.2 Å². The summed E-state index contributed by atoms with van der Waals surface area (Å²) in [4.78, 5) is 24.4. The molecule has 0 spiro atoms. The molecule has 7 heteroatoms. The molecule has 0 saturated carbocycles. The molecule has 2 amide bonds. The highest BCUT2D eigenvalue weighted by Crippen LogP contribution is 2.17. The number of carboxylic acid groups (broad SMARTS) is 1. The first-order valence-electron chi connectivity index (χ1n) is 6.38. The van der Waals surface area contributed by atoms with Crippen molar-refractivity contribution in [3.8, 4) is 0 Å². The van der Waals surface area contributed by atoms with Gasteiger partial charge in [0.05, 0.1) is 30.5 Å². The number of urea groups is 1. The number of amides is 2. The van der Waals surface area contributed by atoms with Crippen molar-refractivity contribution in [1.29, 1.82) is 0 Å². The molecule has 0 aliphatic rings. The first kappa shape index (κ1) is 16.9. The van der Waals surface area contributed by atoms with Gasteiger partial charge in [-0.15, -0.1) is 0 Å². The number of hydrogen-bond acceptors (Lipinski definition) is 4. The van der Waals surface area contributed by atoms with E-state index in [1.807, 2.05) is 0 Å². The van der Waals surface area contributed by atoms with Crippen LogP contribution in [0.3, 0.4) is 0 Å². The number of anilines is 1. The van der Waals surface area contributed by atoms with E-state index < -0.39 is 18.1 Å². The average molecular weight is 296 g/mol. The Bertz CT molecular complexity index is 518. The zero-order chi connectivity index (χ0) is 16.0. The summed E-state index contributed by atoms with van der Waals surface area (Å²) < 4.78 is 4.78.